The molecule has 0 aromatic heterocycles. The Bertz CT molecular complexity index is 573. The summed E-state index contributed by atoms with van der Waals surface area (Å²) < 4.78 is 26.1. The van der Waals surface area contributed by atoms with Crippen molar-refractivity contribution < 1.29 is 13.6 Å². The van der Waals surface area contributed by atoms with Crippen LogP contribution in [-0.2, 0) is 0 Å². The van der Waals surface area contributed by atoms with Crippen LogP contribution in [0.3, 0.4) is 0 Å². The summed E-state index contributed by atoms with van der Waals surface area (Å²) in [5.74, 6) is -0.933. The minimum atomic E-state index is -0.749. The number of halogens is 2. The van der Waals surface area contributed by atoms with Crippen molar-refractivity contribution in [1.82, 2.24) is 0 Å². The smallest absolute Gasteiger partial charge is 0.193 e. The van der Waals surface area contributed by atoms with Crippen molar-refractivity contribution in [1.29, 1.82) is 0 Å². The number of thioether (sulfide) groups is 1. The fourth-order valence-corrected chi connectivity index (χ4v) is 2.38. The van der Waals surface area contributed by atoms with Crippen LogP contribution in [0.15, 0.2) is 47.4 Å². The van der Waals surface area contributed by atoms with E-state index in [4.69, 9.17) is 0 Å². The molecule has 0 aliphatic carbocycles. The topological polar surface area (TPSA) is 17.1 Å². The molecule has 0 fully saturated rings. The van der Waals surface area contributed by atoms with E-state index in [9.17, 15) is 13.6 Å². The van der Waals surface area contributed by atoms with Gasteiger partial charge >= 0.3 is 0 Å². The van der Waals surface area contributed by atoms with Gasteiger partial charge in [0, 0.05) is 22.1 Å². The minimum Gasteiger partial charge on any atom is -0.289 e. The van der Waals surface area contributed by atoms with E-state index in [1.807, 2.05) is 19.1 Å². The molecule has 0 unspecified atom stereocenters. The highest BCUT2D eigenvalue weighted by molar-refractivity contribution is 7.99. The van der Waals surface area contributed by atoms with Crippen LogP contribution in [0.2, 0.25) is 0 Å². The minimum absolute atomic E-state index is 0.0217. The van der Waals surface area contributed by atoms with Crippen LogP contribution >= 0.6 is 11.8 Å². The van der Waals surface area contributed by atoms with Gasteiger partial charge in [-0.05, 0) is 42.2 Å². The maximum Gasteiger partial charge on any atom is 0.193 e. The summed E-state index contributed by atoms with van der Waals surface area (Å²) in [6.07, 6.45) is 0. The average Bonchev–Trinajstić information content (AvgIpc) is 2.38. The second kappa shape index (κ2) is 5.97. The number of carbonyl (C=O) groups is 1. The summed E-state index contributed by atoms with van der Waals surface area (Å²) in [6, 6.07) is 9.83. The van der Waals surface area contributed by atoms with Gasteiger partial charge in [-0.2, -0.15) is 0 Å². The summed E-state index contributed by atoms with van der Waals surface area (Å²) >= 11 is 1.67. The predicted molar refractivity (Wildman–Crippen MR) is 72.6 cm³/mol. The number of hydrogen-bond donors (Lipinski definition) is 0. The maximum absolute atomic E-state index is 13.1. The molecular formula is C15H12F2OS. The Morgan fingerprint density at radius 3 is 2.11 bits per heavy atom. The van der Waals surface area contributed by atoms with Crippen LogP contribution in [0.5, 0.6) is 0 Å². The molecule has 2 rings (SSSR count). The van der Waals surface area contributed by atoms with Crippen LogP contribution in [0.4, 0.5) is 8.78 Å². The third kappa shape index (κ3) is 3.41. The SMILES string of the molecule is CCSc1ccc(C(=O)c2cc(F)cc(F)c2)cc1. The van der Waals surface area contributed by atoms with Crippen molar-refractivity contribution in [2.24, 2.45) is 0 Å². The highest BCUT2D eigenvalue weighted by atomic mass is 32.2. The molecule has 0 aliphatic heterocycles. The van der Waals surface area contributed by atoms with E-state index in [-0.39, 0.29) is 11.3 Å². The van der Waals surface area contributed by atoms with E-state index in [2.05, 4.69) is 0 Å². The Morgan fingerprint density at radius 2 is 1.58 bits per heavy atom. The van der Waals surface area contributed by atoms with Crippen LogP contribution in [0, 0.1) is 11.6 Å². The summed E-state index contributed by atoms with van der Waals surface area (Å²) in [7, 11) is 0. The number of ketones is 1. The molecule has 2 aromatic carbocycles. The molecule has 2 aromatic rings. The lowest BCUT2D eigenvalue weighted by Crippen LogP contribution is -2.02. The monoisotopic (exact) mass is 278 g/mol. The highest BCUT2D eigenvalue weighted by Crippen LogP contribution is 2.19. The Labute approximate surface area is 114 Å². The summed E-state index contributed by atoms with van der Waals surface area (Å²) in [5, 5.41) is 0. The van der Waals surface area contributed by atoms with E-state index in [0.717, 1.165) is 28.8 Å². The summed E-state index contributed by atoms with van der Waals surface area (Å²) in [5.41, 5.74) is 0.443. The normalized spacial score (nSPS) is 10.5. The molecule has 0 spiro atoms. The van der Waals surface area contributed by atoms with Gasteiger partial charge in [0.1, 0.15) is 11.6 Å². The number of hydrogen-bond acceptors (Lipinski definition) is 2. The standard InChI is InChI=1S/C15H12F2OS/c1-2-19-14-5-3-10(4-6-14)15(18)11-7-12(16)9-13(17)8-11/h3-9H,2H2,1H3. The molecule has 0 heterocycles. The van der Waals surface area contributed by atoms with Gasteiger partial charge < -0.3 is 0 Å². The van der Waals surface area contributed by atoms with Crippen LogP contribution in [0.1, 0.15) is 22.8 Å². The van der Waals surface area contributed by atoms with Crippen molar-refractivity contribution in [3.8, 4) is 0 Å². The van der Waals surface area contributed by atoms with Crippen LogP contribution < -0.4 is 0 Å². The first-order chi connectivity index (χ1) is 9.10. The molecule has 0 atom stereocenters. The Balaban J connectivity index is 2.28. The first kappa shape index (κ1) is 13.7. The first-order valence-electron chi connectivity index (χ1n) is 5.84. The molecule has 0 N–H and O–H groups in total. The second-order valence-electron chi connectivity index (χ2n) is 3.94. The molecule has 1 nitrogen and oxygen atoms in total. The lowest BCUT2D eigenvalue weighted by molar-refractivity contribution is 0.103. The summed E-state index contributed by atoms with van der Waals surface area (Å²) in [4.78, 5) is 13.1. The van der Waals surface area contributed by atoms with Gasteiger partial charge in [-0.25, -0.2) is 8.78 Å². The van der Waals surface area contributed by atoms with Crippen LogP contribution in [-0.4, -0.2) is 11.5 Å². The number of benzene rings is 2. The number of carbonyl (C=O) groups excluding carboxylic acids is 1. The van der Waals surface area contributed by atoms with Crippen molar-refractivity contribution in [3.63, 3.8) is 0 Å². The lowest BCUT2D eigenvalue weighted by atomic mass is 10.0. The first-order valence-corrected chi connectivity index (χ1v) is 6.82. The second-order valence-corrected chi connectivity index (χ2v) is 5.28. The van der Waals surface area contributed by atoms with Gasteiger partial charge in [-0.1, -0.05) is 6.92 Å². The van der Waals surface area contributed by atoms with Gasteiger partial charge in [-0.3, -0.25) is 4.79 Å². The molecule has 4 heteroatoms. The third-order valence-corrected chi connectivity index (χ3v) is 3.45. The molecule has 98 valence electrons. The van der Waals surface area contributed by atoms with Crippen molar-refractivity contribution in [3.05, 3.63) is 65.2 Å². The Hall–Kier alpha value is -1.68. The fourth-order valence-electron chi connectivity index (χ4n) is 1.72. The van der Waals surface area contributed by atoms with Gasteiger partial charge in [0.2, 0.25) is 0 Å². The lowest BCUT2D eigenvalue weighted by Gasteiger charge is -2.03. The van der Waals surface area contributed by atoms with Crippen molar-refractivity contribution >= 4 is 17.5 Å². The molecule has 0 amide bonds. The maximum atomic E-state index is 13.1. The predicted octanol–water partition coefficient (Wildman–Crippen LogP) is 4.31. The zero-order valence-electron chi connectivity index (χ0n) is 10.3. The molecule has 0 bridgehead atoms. The number of rotatable bonds is 4. The van der Waals surface area contributed by atoms with E-state index in [0.29, 0.717) is 5.56 Å². The molecule has 0 saturated carbocycles. The van der Waals surface area contributed by atoms with Gasteiger partial charge in [0.25, 0.3) is 0 Å². The largest absolute Gasteiger partial charge is 0.289 e. The van der Waals surface area contributed by atoms with Crippen molar-refractivity contribution in [2.75, 3.05) is 5.75 Å². The molecule has 0 aliphatic rings. The Morgan fingerprint density at radius 1 is 1.00 bits per heavy atom. The summed E-state index contributed by atoms with van der Waals surface area (Å²) in [6.45, 7) is 2.04. The zero-order chi connectivity index (χ0) is 13.8. The van der Waals surface area contributed by atoms with E-state index < -0.39 is 11.6 Å². The Kier molecular flexibility index (Phi) is 4.32. The molecule has 0 radical (unpaired) electrons. The average molecular weight is 278 g/mol. The van der Waals surface area contributed by atoms with Crippen LogP contribution in [0.25, 0.3) is 0 Å². The third-order valence-electron chi connectivity index (χ3n) is 2.55. The van der Waals surface area contributed by atoms with E-state index in [1.165, 1.54) is 0 Å². The van der Waals surface area contributed by atoms with E-state index in [1.54, 1.807) is 23.9 Å². The van der Waals surface area contributed by atoms with Gasteiger partial charge in [0.15, 0.2) is 5.78 Å². The van der Waals surface area contributed by atoms with Gasteiger partial charge in [-0.15, -0.1) is 11.8 Å². The fraction of sp³-hybridized carbons (Fsp3) is 0.133. The highest BCUT2D eigenvalue weighted by Gasteiger charge is 2.11. The zero-order valence-corrected chi connectivity index (χ0v) is 11.1. The van der Waals surface area contributed by atoms with Gasteiger partial charge in [0.05, 0.1) is 0 Å². The molecule has 0 saturated heterocycles. The van der Waals surface area contributed by atoms with E-state index >= 15 is 0 Å². The molecule has 19 heavy (non-hydrogen) atoms. The van der Waals surface area contributed by atoms with Crippen molar-refractivity contribution in [2.45, 2.75) is 11.8 Å². The molecular weight excluding hydrogens is 266 g/mol. The quantitative estimate of drug-likeness (QED) is 0.612.